The van der Waals surface area contributed by atoms with Crippen molar-refractivity contribution in [3.8, 4) is 0 Å². The molecule has 0 radical (unpaired) electrons. The van der Waals surface area contributed by atoms with E-state index in [0.29, 0.717) is 18.5 Å². The maximum Gasteiger partial charge on any atom is 0.307 e. The quantitative estimate of drug-likeness (QED) is 0.630. The Hall–Kier alpha value is -0.610. The summed E-state index contributed by atoms with van der Waals surface area (Å²) >= 11 is 0. The van der Waals surface area contributed by atoms with Crippen molar-refractivity contribution in [1.29, 1.82) is 0 Å². The Morgan fingerprint density at radius 3 is 2.67 bits per heavy atom. The zero-order chi connectivity index (χ0) is 11.0. The van der Waals surface area contributed by atoms with E-state index >= 15 is 0 Å². The van der Waals surface area contributed by atoms with Gasteiger partial charge >= 0.3 is 5.97 Å². The second kappa shape index (κ2) is 4.10. The Bertz CT molecular complexity index is 255. The maximum atomic E-state index is 11.3. The van der Waals surface area contributed by atoms with Crippen molar-refractivity contribution in [2.45, 2.75) is 45.5 Å². The third-order valence-corrected chi connectivity index (χ3v) is 3.76. The van der Waals surface area contributed by atoms with Crippen LogP contribution in [0.25, 0.3) is 0 Å². The number of carbonyl (C=O) groups is 1. The SMILES string of the molecule is CCC(=O)OC1CN2CCN1C(C)C2C. The molecule has 0 aliphatic carbocycles. The molecule has 3 rings (SSSR count). The minimum atomic E-state index is -0.0893. The minimum absolute atomic E-state index is 0.0163. The van der Waals surface area contributed by atoms with Crippen molar-refractivity contribution in [3.05, 3.63) is 0 Å². The van der Waals surface area contributed by atoms with Gasteiger partial charge in [0.05, 0.1) is 0 Å². The number of carbonyl (C=O) groups excluding carboxylic acids is 1. The van der Waals surface area contributed by atoms with E-state index in [9.17, 15) is 4.79 Å². The van der Waals surface area contributed by atoms with Crippen LogP contribution >= 0.6 is 0 Å². The summed E-state index contributed by atoms with van der Waals surface area (Å²) < 4.78 is 5.44. The average molecular weight is 212 g/mol. The summed E-state index contributed by atoms with van der Waals surface area (Å²) in [6, 6.07) is 1.07. The van der Waals surface area contributed by atoms with E-state index in [2.05, 4.69) is 23.6 Å². The summed E-state index contributed by atoms with van der Waals surface area (Å²) in [6.07, 6.45) is 0.450. The van der Waals surface area contributed by atoms with Crippen LogP contribution in [0.3, 0.4) is 0 Å². The maximum absolute atomic E-state index is 11.3. The second-order valence-electron chi connectivity index (χ2n) is 4.51. The molecule has 4 nitrogen and oxygen atoms in total. The van der Waals surface area contributed by atoms with Gasteiger partial charge in [-0.15, -0.1) is 0 Å². The number of piperazine rings is 3. The molecule has 15 heavy (non-hydrogen) atoms. The molecule has 0 aromatic rings. The molecule has 0 spiro atoms. The fourth-order valence-corrected chi connectivity index (χ4v) is 2.54. The van der Waals surface area contributed by atoms with Gasteiger partial charge in [-0.2, -0.15) is 0 Å². The van der Waals surface area contributed by atoms with Crippen LogP contribution in [0.2, 0.25) is 0 Å². The molecular formula is C11H20N2O2. The smallest absolute Gasteiger partial charge is 0.307 e. The summed E-state index contributed by atoms with van der Waals surface area (Å²) in [7, 11) is 0. The molecule has 3 saturated heterocycles. The molecule has 3 heterocycles. The first-order valence-electron chi connectivity index (χ1n) is 5.82. The van der Waals surface area contributed by atoms with E-state index in [-0.39, 0.29) is 12.2 Å². The van der Waals surface area contributed by atoms with Gasteiger partial charge in [-0.25, -0.2) is 0 Å². The molecule has 0 amide bonds. The van der Waals surface area contributed by atoms with Crippen molar-refractivity contribution in [2.24, 2.45) is 0 Å². The Balaban J connectivity index is 2.02. The lowest BCUT2D eigenvalue weighted by Crippen LogP contribution is -2.69. The van der Waals surface area contributed by atoms with Gasteiger partial charge in [0.1, 0.15) is 0 Å². The molecule has 0 N–H and O–H groups in total. The normalized spacial score (nSPS) is 44.1. The van der Waals surface area contributed by atoms with Crippen molar-refractivity contribution in [2.75, 3.05) is 19.6 Å². The molecule has 0 saturated carbocycles. The van der Waals surface area contributed by atoms with Gasteiger partial charge < -0.3 is 4.74 Å². The summed E-state index contributed by atoms with van der Waals surface area (Å²) in [5.41, 5.74) is 0. The van der Waals surface area contributed by atoms with Crippen LogP contribution < -0.4 is 0 Å². The first kappa shape index (κ1) is 10.9. The Kier molecular flexibility index (Phi) is 2.98. The summed E-state index contributed by atoms with van der Waals surface area (Å²) in [5.74, 6) is -0.0893. The fourth-order valence-electron chi connectivity index (χ4n) is 2.54. The van der Waals surface area contributed by atoms with Crippen LogP contribution in [0.5, 0.6) is 0 Å². The standard InChI is InChI=1S/C11H20N2O2/c1-4-11(14)15-10-7-12-5-6-13(10)9(3)8(12)2/h8-10H,4-7H2,1-3H3. The highest BCUT2D eigenvalue weighted by atomic mass is 16.6. The number of nitrogens with zero attached hydrogens (tertiary/aromatic N) is 2. The van der Waals surface area contributed by atoms with Crippen LogP contribution in [0.15, 0.2) is 0 Å². The number of ether oxygens (including phenoxy) is 1. The van der Waals surface area contributed by atoms with Crippen molar-refractivity contribution in [3.63, 3.8) is 0 Å². The molecule has 86 valence electrons. The molecule has 3 aliphatic rings. The predicted octanol–water partition coefficient (Wildman–Crippen LogP) is 0.674. The number of rotatable bonds is 2. The van der Waals surface area contributed by atoms with Crippen LogP contribution in [0, 0.1) is 0 Å². The highest BCUT2D eigenvalue weighted by molar-refractivity contribution is 5.69. The highest BCUT2D eigenvalue weighted by Crippen LogP contribution is 2.26. The van der Waals surface area contributed by atoms with E-state index in [4.69, 9.17) is 4.74 Å². The Labute approximate surface area is 91.2 Å². The van der Waals surface area contributed by atoms with E-state index in [1.54, 1.807) is 0 Å². The van der Waals surface area contributed by atoms with Gasteiger partial charge in [0.2, 0.25) is 0 Å². The summed E-state index contributed by atoms with van der Waals surface area (Å²) in [5, 5.41) is 0. The number of fused-ring (bicyclic) bond motifs is 3. The number of esters is 1. The lowest BCUT2D eigenvalue weighted by molar-refractivity contribution is -0.188. The molecule has 3 fully saturated rings. The van der Waals surface area contributed by atoms with Gasteiger partial charge in [-0.05, 0) is 13.8 Å². The van der Waals surface area contributed by atoms with E-state index in [1.807, 2.05) is 6.92 Å². The van der Waals surface area contributed by atoms with Gasteiger partial charge in [0, 0.05) is 38.1 Å². The largest absolute Gasteiger partial charge is 0.445 e. The van der Waals surface area contributed by atoms with Crippen molar-refractivity contribution in [1.82, 2.24) is 9.80 Å². The Morgan fingerprint density at radius 2 is 2.07 bits per heavy atom. The highest BCUT2D eigenvalue weighted by Gasteiger charge is 2.42. The second-order valence-corrected chi connectivity index (χ2v) is 4.51. The topological polar surface area (TPSA) is 32.8 Å². The predicted molar refractivity (Wildman–Crippen MR) is 57.4 cm³/mol. The minimum Gasteiger partial charge on any atom is -0.445 e. The molecule has 5 unspecified atom stereocenters. The zero-order valence-electron chi connectivity index (χ0n) is 9.77. The molecule has 4 heteroatoms. The van der Waals surface area contributed by atoms with Gasteiger partial charge in [-0.3, -0.25) is 14.6 Å². The summed E-state index contributed by atoms with van der Waals surface area (Å²) in [4.78, 5) is 16.0. The van der Waals surface area contributed by atoms with Crippen LogP contribution in [0.1, 0.15) is 27.2 Å². The van der Waals surface area contributed by atoms with Crippen molar-refractivity contribution >= 4 is 5.97 Å². The molecule has 0 aromatic carbocycles. The first-order chi connectivity index (χ1) is 7.13. The van der Waals surface area contributed by atoms with Gasteiger partial charge in [-0.1, -0.05) is 6.92 Å². The average Bonchev–Trinajstić information content (AvgIpc) is 2.25. The monoisotopic (exact) mass is 212 g/mol. The lowest BCUT2D eigenvalue weighted by Gasteiger charge is -2.54. The number of hydrogen-bond donors (Lipinski definition) is 0. The van der Waals surface area contributed by atoms with Gasteiger partial charge in [0.25, 0.3) is 0 Å². The van der Waals surface area contributed by atoms with Crippen LogP contribution in [-0.2, 0) is 9.53 Å². The third-order valence-electron chi connectivity index (χ3n) is 3.76. The van der Waals surface area contributed by atoms with Crippen LogP contribution in [0.4, 0.5) is 0 Å². The molecule has 5 atom stereocenters. The Morgan fingerprint density at radius 1 is 1.33 bits per heavy atom. The van der Waals surface area contributed by atoms with E-state index in [0.717, 1.165) is 19.6 Å². The molecule has 0 aromatic heterocycles. The van der Waals surface area contributed by atoms with E-state index in [1.165, 1.54) is 0 Å². The molecular weight excluding hydrogens is 192 g/mol. The summed E-state index contributed by atoms with van der Waals surface area (Å²) in [6.45, 7) is 9.29. The van der Waals surface area contributed by atoms with Crippen molar-refractivity contribution < 1.29 is 9.53 Å². The fraction of sp³-hybridized carbons (Fsp3) is 0.909. The van der Waals surface area contributed by atoms with Gasteiger partial charge in [0.15, 0.2) is 6.23 Å². The first-order valence-corrected chi connectivity index (χ1v) is 5.82. The molecule has 2 bridgehead atoms. The zero-order valence-corrected chi connectivity index (χ0v) is 9.77. The third kappa shape index (κ3) is 1.88. The van der Waals surface area contributed by atoms with Crippen LogP contribution in [-0.4, -0.2) is 53.7 Å². The lowest BCUT2D eigenvalue weighted by atomic mass is 10.00. The number of hydrogen-bond acceptors (Lipinski definition) is 4. The molecule has 3 aliphatic heterocycles. The van der Waals surface area contributed by atoms with E-state index < -0.39 is 0 Å².